The lowest BCUT2D eigenvalue weighted by atomic mass is 10.2. The first kappa shape index (κ1) is 16.5. The maximum Gasteiger partial charge on any atom is 0.257 e. The highest BCUT2D eigenvalue weighted by molar-refractivity contribution is 6.04. The highest BCUT2D eigenvalue weighted by Gasteiger charge is 2.12. The molecule has 25 heavy (non-hydrogen) atoms. The first-order valence-electron chi connectivity index (χ1n) is 7.66. The fourth-order valence-corrected chi connectivity index (χ4v) is 2.34. The lowest BCUT2D eigenvalue weighted by Crippen LogP contribution is -2.13. The molecule has 0 saturated heterocycles. The number of amides is 1. The Bertz CT molecular complexity index is 862. The van der Waals surface area contributed by atoms with Gasteiger partial charge in [0.05, 0.1) is 26.5 Å². The van der Waals surface area contributed by atoms with Gasteiger partial charge in [-0.3, -0.25) is 14.5 Å². The number of carbonyl (C=O) groups excluding carboxylic acids is 1. The van der Waals surface area contributed by atoms with Crippen LogP contribution in [0.1, 0.15) is 16.1 Å². The van der Waals surface area contributed by atoms with Crippen LogP contribution in [-0.4, -0.2) is 34.9 Å². The number of aromatic nitrogens is 3. The standard InChI is InChI=1S/C18H18N4O3/c1-24-15-7-6-13(11-16(15)25-2)18(23)20-17-8-10-22(21-17)12-14-5-3-4-9-19-14/h3-11H,12H2,1-2H3,(H,20,21,23). The first-order chi connectivity index (χ1) is 12.2. The molecule has 7 nitrogen and oxygen atoms in total. The molecule has 2 heterocycles. The van der Waals surface area contributed by atoms with Crippen LogP contribution in [0.4, 0.5) is 5.82 Å². The van der Waals surface area contributed by atoms with Gasteiger partial charge in [0.1, 0.15) is 0 Å². The normalized spacial score (nSPS) is 10.3. The summed E-state index contributed by atoms with van der Waals surface area (Å²) in [4.78, 5) is 16.6. The van der Waals surface area contributed by atoms with Crippen molar-refractivity contribution in [1.82, 2.24) is 14.8 Å². The van der Waals surface area contributed by atoms with E-state index in [4.69, 9.17) is 9.47 Å². The van der Waals surface area contributed by atoms with E-state index >= 15 is 0 Å². The quantitative estimate of drug-likeness (QED) is 0.747. The van der Waals surface area contributed by atoms with Crippen molar-refractivity contribution in [1.29, 1.82) is 0 Å². The van der Waals surface area contributed by atoms with Gasteiger partial charge in [-0.1, -0.05) is 6.07 Å². The van der Waals surface area contributed by atoms with Gasteiger partial charge in [0, 0.05) is 24.0 Å². The average molecular weight is 338 g/mol. The molecule has 0 spiro atoms. The van der Waals surface area contributed by atoms with Crippen LogP contribution in [0.15, 0.2) is 54.9 Å². The number of pyridine rings is 1. The van der Waals surface area contributed by atoms with E-state index in [1.165, 1.54) is 7.11 Å². The molecule has 2 aromatic heterocycles. The number of rotatable bonds is 6. The molecule has 0 saturated carbocycles. The predicted octanol–water partition coefficient (Wildman–Crippen LogP) is 2.60. The van der Waals surface area contributed by atoms with Gasteiger partial charge in [-0.2, -0.15) is 5.10 Å². The Morgan fingerprint density at radius 2 is 1.96 bits per heavy atom. The highest BCUT2D eigenvalue weighted by Crippen LogP contribution is 2.27. The van der Waals surface area contributed by atoms with Crippen LogP contribution >= 0.6 is 0 Å². The summed E-state index contributed by atoms with van der Waals surface area (Å²) >= 11 is 0. The highest BCUT2D eigenvalue weighted by atomic mass is 16.5. The molecule has 0 aliphatic rings. The molecule has 1 aromatic carbocycles. The van der Waals surface area contributed by atoms with Gasteiger partial charge >= 0.3 is 0 Å². The molecule has 0 aliphatic carbocycles. The summed E-state index contributed by atoms with van der Waals surface area (Å²) < 4.78 is 12.1. The zero-order valence-corrected chi connectivity index (χ0v) is 14.0. The maximum absolute atomic E-state index is 12.4. The Kier molecular flexibility index (Phi) is 4.94. The molecule has 0 unspecified atom stereocenters. The Morgan fingerprint density at radius 1 is 1.12 bits per heavy atom. The monoisotopic (exact) mass is 338 g/mol. The summed E-state index contributed by atoms with van der Waals surface area (Å²) in [6.07, 6.45) is 3.53. The summed E-state index contributed by atoms with van der Waals surface area (Å²) in [6, 6.07) is 12.4. The summed E-state index contributed by atoms with van der Waals surface area (Å²) in [7, 11) is 3.07. The minimum absolute atomic E-state index is 0.274. The van der Waals surface area contributed by atoms with Crippen LogP contribution < -0.4 is 14.8 Å². The van der Waals surface area contributed by atoms with Crippen LogP contribution in [0.25, 0.3) is 0 Å². The van der Waals surface area contributed by atoms with Crippen LogP contribution in [0.3, 0.4) is 0 Å². The van der Waals surface area contributed by atoms with E-state index < -0.39 is 0 Å². The molecule has 0 atom stereocenters. The lowest BCUT2D eigenvalue weighted by Gasteiger charge is -2.09. The van der Waals surface area contributed by atoms with E-state index in [0.717, 1.165) is 5.69 Å². The SMILES string of the molecule is COc1ccc(C(=O)Nc2ccn(Cc3ccccn3)n2)cc1OC. The van der Waals surface area contributed by atoms with Crippen molar-refractivity contribution in [2.45, 2.75) is 6.54 Å². The van der Waals surface area contributed by atoms with Crippen molar-refractivity contribution in [2.75, 3.05) is 19.5 Å². The number of nitrogens with one attached hydrogen (secondary N) is 1. The number of carbonyl (C=O) groups is 1. The second kappa shape index (κ2) is 7.48. The molecule has 7 heteroatoms. The maximum atomic E-state index is 12.4. The molecule has 0 fully saturated rings. The number of anilines is 1. The van der Waals surface area contributed by atoms with Crippen molar-refractivity contribution >= 4 is 11.7 Å². The summed E-state index contributed by atoms with van der Waals surface area (Å²) in [5, 5.41) is 7.10. The Morgan fingerprint density at radius 3 is 2.68 bits per heavy atom. The van der Waals surface area contributed by atoms with Crippen LogP contribution in [0, 0.1) is 0 Å². The third-order valence-electron chi connectivity index (χ3n) is 3.58. The number of hydrogen-bond acceptors (Lipinski definition) is 5. The van der Waals surface area contributed by atoms with Gasteiger partial charge in [-0.15, -0.1) is 0 Å². The van der Waals surface area contributed by atoms with E-state index in [1.54, 1.807) is 48.5 Å². The molecule has 1 amide bonds. The van der Waals surface area contributed by atoms with Crippen LogP contribution in [-0.2, 0) is 6.54 Å². The molecule has 0 aliphatic heterocycles. The van der Waals surface area contributed by atoms with E-state index in [9.17, 15) is 4.79 Å². The van der Waals surface area contributed by atoms with E-state index in [1.807, 2.05) is 18.2 Å². The van der Waals surface area contributed by atoms with E-state index in [2.05, 4.69) is 15.4 Å². The Labute approximate surface area is 145 Å². The number of hydrogen-bond donors (Lipinski definition) is 1. The molecule has 3 rings (SSSR count). The third-order valence-corrected chi connectivity index (χ3v) is 3.58. The van der Waals surface area contributed by atoms with Gasteiger partial charge in [0.2, 0.25) is 0 Å². The fourth-order valence-electron chi connectivity index (χ4n) is 2.34. The lowest BCUT2D eigenvalue weighted by molar-refractivity contribution is 0.102. The summed E-state index contributed by atoms with van der Waals surface area (Å²) in [5.74, 6) is 1.26. The van der Waals surface area contributed by atoms with Crippen molar-refractivity contribution in [3.8, 4) is 11.5 Å². The van der Waals surface area contributed by atoms with Crippen molar-refractivity contribution in [3.05, 3.63) is 66.1 Å². The number of methoxy groups -OCH3 is 2. The van der Waals surface area contributed by atoms with Crippen molar-refractivity contribution < 1.29 is 14.3 Å². The zero-order chi connectivity index (χ0) is 17.6. The second-order valence-electron chi connectivity index (χ2n) is 5.24. The topological polar surface area (TPSA) is 78.3 Å². The first-order valence-corrected chi connectivity index (χ1v) is 7.66. The van der Waals surface area contributed by atoms with Crippen molar-refractivity contribution in [2.24, 2.45) is 0 Å². The molecular formula is C18H18N4O3. The van der Waals surface area contributed by atoms with Crippen LogP contribution in [0.2, 0.25) is 0 Å². The molecule has 0 bridgehead atoms. The van der Waals surface area contributed by atoms with Crippen LogP contribution in [0.5, 0.6) is 11.5 Å². The number of ether oxygens (including phenoxy) is 2. The average Bonchev–Trinajstić information content (AvgIpc) is 3.08. The van der Waals surface area contributed by atoms with Gasteiger partial charge < -0.3 is 14.8 Å². The summed E-state index contributed by atoms with van der Waals surface area (Å²) in [6.45, 7) is 0.535. The Balaban J connectivity index is 1.69. The van der Waals surface area contributed by atoms with E-state index in [0.29, 0.717) is 29.4 Å². The summed E-state index contributed by atoms with van der Waals surface area (Å²) in [5.41, 5.74) is 1.35. The minimum Gasteiger partial charge on any atom is -0.493 e. The van der Waals surface area contributed by atoms with E-state index in [-0.39, 0.29) is 5.91 Å². The van der Waals surface area contributed by atoms with Gasteiger partial charge in [-0.05, 0) is 30.3 Å². The zero-order valence-electron chi connectivity index (χ0n) is 14.0. The number of benzene rings is 1. The van der Waals surface area contributed by atoms with Crippen molar-refractivity contribution in [3.63, 3.8) is 0 Å². The molecule has 128 valence electrons. The number of nitrogens with zero attached hydrogens (tertiary/aromatic N) is 3. The molecule has 1 N–H and O–H groups in total. The fraction of sp³-hybridized carbons (Fsp3) is 0.167. The molecule has 3 aromatic rings. The van der Waals surface area contributed by atoms with Gasteiger partial charge in [-0.25, -0.2) is 0 Å². The largest absolute Gasteiger partial charge is 0.493 e. The third kappa shape index (κ3) is 3.95. The molecular weight excluding hydrogens is 320 g/mol. The predicted molar refractivity (Wildman–Crippen MR) is 93.1 cm³/mol. The second-order valence-corrected chi connectivity index (χ2v) is 5.24. The Hall–Kier alpha value is -3.35. The van der Waals surface area contributed by atoms with Gasteiger partial charge in [0.25, 0.3) is 5.91 Å². The minimum atomic E-state index is -0.274. The molecule has 0 radical (unpaired) electrons. The van der Waals surface area contributed by atoms with Gasteiger partial charge in [0.15, 0.2) is 17.3 Å². The smallest absolute Gasteiger partial charge is 0.257 e.